The van der Waals surface area contributed by atoms with Gasteiger partial charge in [-0.3, -0.25) is 9.78 Å². The van der Waals surface area contributed by atoms with Crippen molar-refractivity contribution in [2.24, 2.45) is 0 Å². The van der Waals surface area contributed by atoms with Crippen molar-refractivity contribution in [3.05, 3.63) is 71.7 Å². The molecule has 0 aliphatic carbocycles. The zero-order valence-electron chi connectivity index (χ0n) is 15.2. The number of amides is 1. The van der Waals surface area contributed by atoms with E-state index in [1.54, 1.807) is 41.6 Å². The Balaban J connectivity index is 1.46. The maximum atomic E-state index is 13.0. The third-order valence-corrected chi connectivity index (χ3v) is 4.89. The largest absolute Gasteiger partial charge is 0.490 e. The zero-order valence-corrected chi connectivity index (χ0v) is 15.9. The van der Waals surface area contributed by atoms with Gasteiger partial charge in [0.05, 0.1) is 12.2 Å². The smallest absolute Gasteiger partial charge is 0.290 e. The average Bonchev–Trinajstić information content (AvgIpc) is 3.23. The molecule has 1 aromatic carbocycles. The molecule has 144 valence electrons. The summed E-state index contributed by atoms with van der Waals surface area (Å²) in [4.78, 5) is 18.9. The van der Waals surface area contributed by atoms with Crippen molar-refractivity contribution < 1.29 is 13.9 Å². The van der Waals surface area contributed by atoms with Crippen LogP contribution in [-0.4, -0.2) is 48.1 Å². The van der Waals surface area contributed by atoms with E-state index in [2.05, 4.69) is 10.3 Å². The molecule has 1 unspecified atom stereocenters. The van der Waals surface area contributed by atoms with Gasteiger partial charge in [0.1, 0.15) is 18.1 Å². The molecule has 2 aromatic heterocycles. The first-order valence-corrected chi connectivity index (χ1v) is 9.49. The van der Waals surface area contributed by atoms with Crippen molar-refractivity contribution in [1.82, 2.24) is 15.2 Å². The molecule has 3 aromatic rings. The first-order chi connectivity index (χ1) is 13.7. The number of furan rings is 1. The lowest BCUT2D eigenvalue weighted by Gasteiger charge is -2.35. The van der Waals surface area contributed by atoms with Crippen molar-refractivity contribution in [1.29, 1.82) is 0 Å². The van der Waals surface area contributed by atoms with Crippen molar-refractivity contribution in [3.63, 3.8) is 0 Å². The molecule has 1 aliphatic heterocycles. The summed E-state index contributed by atoms with van der Waals surface area (Å²) in [5.74, 6) is 1.50. The van der Waals surface area contributed by atoms with E-state index in [9.17, 15) is 4.79 Å². The summed E-state index contributed by atoms with van der Waals surface area (Å²) in [6, 6.07) is 14.4. The summed E-state index contributed by atoms with van der Waals surface area (Å²) >= 11 is 5.93. The third kappa shape index (κ3) is 4.18. The Kier molecular flexibility index (Phi) is 5.60. The summed E-state index contributed by atoms with van der Waals surface area (Å²) in [6.07, 6.45) is 3.35. The first kappa shape index (κ1) is 18.5. The van der Waals surface area contributed by atoms with Gasteiger partial charge < -0.3 is 19.4 Å². The van der Waals surface area contributed by atoms with Crippen molar-refractivity contribution >= 4 is 17.5 Å². The van der Waals surface area contributed by atoms with Gasteiger partial charge in [0.25, 0.3) is 5.91 Å². The van der Waals surface area contributed by atoms with Gasteiger partial charge in [0, 0.05) is 36.4 Å². The predicted molar refractivity (Wildman–Crippen MR) is 107 cm³/mol. The molecule has 0 radical (unpaired) electrons. The molecule has 0 saturated carbocycles. The second kappa shape index (κ2) is 8.46. The number of nitrogens with one attached hydrogen (secondary N) is 1. The number of pyridine rings is 1. The molecular formula is C21H20ClN3O3. The second-order valence-corrected chi connectivity index (χ2v) is 6.96. The minimum atomic E-state index is -0.137. The van der Waals surface area contributed by atoms with Gasteiger partial charge in [0.2, 0.25) is 0 Å². The minimum absolute atomic E-state index is 0.0921. The van der Waals surface area contributed by atoms with Crippen molar-refractivity contribution in [2.75, 3.05) is 26.2 Å². The van der Waals surface area contributed by atoms with E-state index in [4.69, 9.17) is 20.8 Å². The van der Waals surface area contributed by atoms with Crippen molar-refractivity contribution in [3.8, 4) is 17.1 Å². The molecule has 1 N–H and O–H groups in total. The van der Waals surface area contributed by atoms with E-state index >= 15 is 0 Å². The minimum Gasteiger partial charge on any atom is -0.490 e. The number of hydrogen-bond donors (Lipinski definition) is 1. The van der Waals surface area contributed by atoms with Crippen LogP contribution in [0.5, 0.6) is 5.75 Å². The lowest BCUT2D eigenvalue weighted by molar-refractivity contribution is 0.0529. The Bertz CT molecular complexity index is 928. The molecule has 3 heterocycles. The van der Waals surface area contributed by atoms with Gasteiger partial charge >= 0.3 is 0 Å². The molecular weight excluding hydrogens is 378 g/mol. The van der Waals surface area contributed by atoms with Gasteiger partial charge in [-0.05, 0) is 48.5 Å². The quantitative estimate of drug-likeness (QED) is 0.713. The van der Waals surface area contributed by atoms with Crippen LogP contribution in [0.4, 0.5) is 0 Å². The molecule has 1 aliphatic rings. The van der Waals surface area contributed by atoms with Crippen molar-refractivity contribution in [2.45, 2.75) is 6.04 Å². The standard InChI is InChI=1S/C21H20ClN3O3/c22-16-5-3-15(4-6-16)19-7-8-20(28-19)21(26)25-11-10-24-12-17(25)14-27-18-2-1-9-23-13-18/h1-9,13,17,24H,10-12,14H2. The summed E-state index contributed by atoms with van der Waals surface area (Å²) in [6.45, 7) is 2.38. The first-order valence-electron chi connectivity index (χ1n) is 9.11. The molecule has 1 amide bonds. The highest BCUT2D eigenvalue weighted by molar-refractivity contribution is 6.30. The molecule has 1 atom stereocenters. The van der Waals surface area contributed by atoms with Crippen LogP contribution in [0.15, 0.2) is 65.3 Å². The lowest BCUT2D eigenvalue weighted by Crippen LogP contribution is -2.55. The summed E-state index contributed by atoms with van der Waals surface area (Å²) < 4.78 is 11.6. The third-order valence-electron chi connectivity index (χ3n) is 4.63. The highest BCUT2D eigenvalue weighted by Crippen LogP contribution is 2.25. The zero-order chi connectivity index (χ0) is 19.3. The number of carbonyl (C=O) groups excluding carboxylic acids is 1. The monoisotopic (exact) mass is 397 g/mol. The van der Waals surface area contributed by atoms with Gasteiger partial charge in [-0.25, -0.2) is 0 Å². The van der Waals surface area contributed by atoms with Crippen LogP contribution in [0.3, 0.4) is 0 Å². The molecule has 0 spiro atoms. The van der Waals surface area contributed by atoms with Crippen LogP contribution >= 0.6 is 11.6 Å². The highest BCUT2D eigenvalue weighted by Gasteiger charge is 2.29. The number of rotatable bonds is 5. The molecule has 1 saturated heterocycles. The van der Waals surface area contributed by atoms with Crippen LogP contribution in [-0.2, 0) is 0 Å². The molecule has 6 nitrogen and oxygen atoms in total. The normalized spacial score (nSPS) is 16.8. The Hall–Kier alpha value is -2.83. The van der Waals surface area contributed by atoms with Crippen LogP contribution in [0.2, 0.25) is 5.02 Å². The second-order valence-electron chi connectivity index (χ2n) is 6.53. The van der Waals surface area contributed by atoms with Gasteiger partial charge in [-0.15, -0.1) is 0 Å². The molecule has 7 heteroatoms. The van der Waals surface area contributed by atoms with Gasteiger partial charge in [0.15, 0.2) is 5.76 Å². The number of hydrogen-bond acceptors (Lipinski definition) is 5. The fourth-order valence-corrected chi connectivity index (χ4v) is 3.29. The maximum absolute atomic E-state index is 13.0. The number of benzene rings is 1. The number of carbonyl (C=O) groups is 1. The van der Waals surface area contributed by atoms with Crippen LogP contribution in [0, 0.1) is 0 Å². The highest BCUT2D eigenvalue weighted by atomic mass is 35.5. The van der Waals surface area contributed by atoms with Crippen LogP contribution in [0.25, 0.3) is 11.3 Å². The Morgan fingerprint density at radius 2 is 2.11 bits per heavy atom. The van der Waals surface area contributed by atoms with E-state index in [1.807, 2.05) is 24.3 Å². The average molecular weight is 398 g/mol. The van der Waals surface area contributed by atoms with E-state index in [-0.39, 0.29) is 11.9 Å². The Morgan fingerprint density at radius 1 is 1.25 bits per heavy atom. The van der Waals surface area contributed by atoms with E-state index < -0.39 is 0 Å². The molecule has 0 bridgehead atoms. The fraction of sp³-hybridized carbons (Fsp3) is 0.238. The van der Waals surface area contributed by atoms with Gasteiger partial charge in [-0.1, -0.05) is 11.6 Å². The molecule has 28 heavy (non-hydrogen) atoms. The Labute approximate surface area is 168 Å². The van der Waals surface area contributed by atoms with Gasteiger partial charge in [-0.2, -0.15) is 0 Å². The lowest BCUT2D eigenvalue weighted by atomic mass is 10.2. The van der Waals surface area contributed by atoms with E-state index in [0.717, 1.165) is 12.1 Å². The maximum Gasteiger partial charge on any atom is 0.290 e. The number of nitrogens with zero attached hydrogens (tertiary/aromatic N) is 2. The topological polar surface area (TPSA) is 67.6 Å². The van der Waals surface area contributed by atoms with E-state index in [0.29, 0.717) is 42.0 Å². The molecule has 1 fully saturated rings. The molecule has 4 rings (SSSR count). The van der Waals surface area contributed by atoms with Crippen LogP contribution in [0.1, 0.15) is 10.6 Å². The summed E-state index contributed by atoms with van der Waals surface area (Å²) in [5.41, 5.74) is 0.875. The summed E-state index contributed by atoms with van der Waals surface area (Å²) in [5, 5.41) is 3.97. The predicted octanol–water partition coefficient (Wildman–Crippen LogP) is 3.49. The number of aromatic nitrogens is 1. The number of piperazine rings is 1. The van der Waals surface area contributed by atoms with E-state index in [1.165, 1.54) is 0 Å². The number of ether oxygens (including phenoxy) is 1. The Morgan fingerprint density at radius 3 is 2.89 bits per heavy atom. The fourth-order valence-electron chi connectivity index (χ4n) is 3.17. The number of halogens is 1. The summed E-state index contributed by atoms with van der Waals surface area (Å²) in [7, 11) is 0. The SMILES string of the molecule is O=C(c1ccc(-c2ccc(Cl)cc2)o1)N1CCNCC1COc1cccnc1. The van der Waals surface area contributed by atoms with Crippen LogP contribution < -0.4 is 10.1 Å².